The van der Waals surface area contributed by atoms with E-state index in [1.54, 1.807) is 7.11 Å². The van der Waals surface area contributed by atoms with Crippen LogP contribution in [0.25, 0.3) is 0 Å². The van der Waals surface area contributed by atoms with Gasteiger partial charge in [-0.25, -0.2) is 0 Å². The van der Waals surface area contributed by atoms with Crippen molar-refractivity contribution in [3.05, 3.63) is 65.5 Å². The Hall–Kier alpha value is -3.33. The minimum Gasteiger partial charge on any atom is -0.495 e. The Morgan fingerprint density at radius 1 is 1.13 bits per heavy atom. The number of methoxy groups -OCH3 is 1. The topological polar surface area (TPSA) is 115 Å². The van der Waals surface area contributed by atoms with E-state index in [0.29, 0.717) is 23.3 Å². The molecule has 0 aliphatic carbocycles. The number of ether oxygens (including phenoxy) is 1. The molecule has 3 rings (SSSR count). The molecule has 8 nitrogen and oxygen atoms in total. The maximum Gasteiger partial charge on any atom is 0.232 e. The van der Waals surface area contributed by atoms with Gasteiger partial charge in [0.1, 0.15) is 11.6 Å². The van der Waals surface area contributed by atoms with Crippen molar-refractivity contribution in [3.63, 3.8) is 0 Å². The molecule has 1 unspecified atom stereocenters. The number of anilines is 3. The van der Waals surface area contributed by atoms with Gasteiger partial charge in [-0.3, -0.25) is 4.79 Å². The zero-order valence-electron chi connectivity index (χ0n) is 17.8. The number of nitrogen functional groups attached to an aromatic ring is 1. The molecule has 1 amide bonds. The van der Waals surface area contributed by atoms with Gasteiger partial charge in [0.2, 0.25) is 17.8 Å². The van der Waals surface area contributed by atoms with Crippen LogP contribution in [0.3, 0.4) is 0 Å². The molecule has 1 atom stereocenters. The first-order valence-electron chi connectivity index (χ1n) is 9.79. The quantitative estimate of drug-likeness (QED) is 0.464. The lowest BCUT2D eigenvalue weighted by Crippen LogP contribution is -2.28. The van der Waals surface area contributed by atoms with E-state index >= 15 is 0 Å². The number of nitrogens with zero attached hydrogens (tertiary/aromatic N) is 3. The number of nitrogens with two attached hydrogens (primary N) is 1. The van der Waals surface area contributed by atoms with Crippen molar-refractivity contribution in [2.75, 3.05) is 23.9 Å². The second-order valence-corrected chi connectivity index (χ2v) is 7.88. The molecule has 0 aliphatic rings. The van der Waals surface area contributed by atoms with Gasteiger partial charge in [0.15, 0.2) is 0 Å². The highest BCUT2D eigenvalue weighted by Gasteiger charge is 2.12. The molecule has 0 bridgehead atoms. The molecule has 31 heavy (non-hydrogen) atoms. The Kier molecular flexibility index (Phi) is 7.66. The molecule has 1 heterocycles. The number of carbonyl (C=O) groups excluding carboxylic acids is 1. The molecule has 0 aliphatic heterocycles. The minimum atomic E-state index is -0.0567. The van der Waals surface area contributed by atoms with Gasteiger partial charge in [0.25, 0.3) is 0 Å². The molecule has 0 fully saturated rings. The van der Waals surface area contributed by atoms with Gasteiger partial charge in [-0.15, -0.1) is 11.8 Å². The molecule has 9 heteroatoms. The maximum atomic E-state index is 12.3. The summed E-state index contributed by atoms with van der Waals surface area (Å²) in [5.74, 6) is 2.27. The number of amides is 1. The summed E-state index contributed by atoms with van der Waals surface area (Å²) in [6.45, 7) is 4.02. The normalized spacial score (nSPS) is 11.6. The van der Waals surface area contributed by atoms with Gasteiger partial charge in [-0.2, -0.15) is 15.0 Å². The maximum absolute atomic E-state index is 12.3. The summed E-state index contributed by atoms with van der Waals surface area (Å²) in [4.78, 5) is 25.0. The first kappa shape index (κ1) is 22.4. The Morgan fingerprint density at radius 2 is 1.87 bits per heavy atom. The molecule has 3 aromatic rings. The molecule has 2 aromatic carbocycles. The van der Waals surface area contributed by atoms with Crippen LogP contribution in [0.2, 0.25) is 0 Å². The van der Waals surface area contributed by atoms with E-state index in [2.05, 4.69) is 25.6 Å². The molecule has 0 spiro atoms. The molecular formula is C22H26N6O2S. The summed E-state index contributed by atoms with van der Waals surface area (Å²) >= 11 is 1.41. The van der Waals surface area contributed by atoms with Crippen LogP contribution in [-0.2, 0) is 10.5 Å². The zero-order chi connectivity index (χ0) is 22.2. The second-order valence-electron chi connectivity index (χ2n) is 6.90. The first-order chi connectivity index (χ1) is 15.0. The number of carbonyl (C=O) groups is 1. The van der Waals surface area contributed by atoms with Gasteiger partial charge in [-0.05, 0) is 37.1 Å². The third-order valence-corrected chi connectivity index (χ3v) is 5.48. The fourth-order valence-electron chi connectivity index (χ4n) is 3.10. The molecule has 162 valence electrons. The number of rotatable bonds is 9. The van der Waals surface area contributed by atoms with Crippen LogP contribution < -0.4 is 21.1 Å². The minimum absolute atomic E-state index is 0.0462. The molecule has 0 radical (unpaired) electrons. The molecule has 1 aromatic heterocycles. The van der Waals surface area contributed by atoms with Crippen LogP contribution in [-0.4, -0.2) is 33.7 Å². The largest absolute Gasteiger partial charge is 0.495 e. The number of hydrogen-bond donors (Lipinski definition) is 3. The van der Waals surface area contributed by atoms with Crippen molar-refractivity contribution in [2.24, 2.45) is 0 Å². The third kappa shape index (κ3) is 6.32. The predicted molar refractivity (Wildman–Crippen MR) is 124 cm³/mol. The Morgan fingerprint density at radius 3 is 2.65 bits per heavy atom. The van der Waals surface area contributed by atoms with E-state index < -0.39 is 0 Å². The summed E-state index contributed by atoms with van der Waals surface area (Å²) in [7, 11) is 1.59. The van der Waals surface area contributed by atoms with Crippen molar-refractivity contribution in [3.8, 4) is 5.75 Å². The van der Waals surface area contributed by atoms with Gasteiger partial charge in [0, 0.05) is 0 Å². The summed E-state index contributed by atoms with van der Waals surface area (Å²) < 4.78 is 5.33. The van der Waals surface area contributed by atoms with Crippen LogP contribution in [0.5, 0.6) is 5.75 Å². The molecule has 4 N–H and O–H groups in total. The molecule has 0 saturated heterocycles. The van der Waals surface area contributed by atoms with Crippen molar-refractivity contribution in [2.45, 2.75) is 25.6 Å². The van der Waals surface area contributed by atoms with Crippen LogP contribution >= 0.6 is 11.8 Å². The molecular weight excluding hydrogens is 412 g/mol. The van der Waals surface area contributed by atoms with E-state index in [9.17, 15) is 4.79 Å². The van der Waals surface area contributed by atoms with E-state index in [1.165, 1.54) is 11.8 Å². The average Bonchev–Trinajstić information content (AvgIpc) is 2.74. The van der Waals surface area contributed by atoms with Gasteiger partial charge >= 0.3 is 0 Å². The lowest BCUT2D eigenvalue weighted by Gasteiger charge is -2.16. The SMILES string of the molecule is COc1ccccc1Nc1nc(N)nc(CSCC(=O)NC(C)c2ccccc2C)n1. The van der Waals surface area contributed by atoms with Gasteiger partial charge in [0.05, 0.1) is 30.3 Å². The van der Waals surface area contributed by atoms with Crippen LogP contribution in [0.15, 0.2) is 48.5 Å². The van der Waals surface area contributed by atoms with Crippen LogP contribution in [0, 0.1) is 6.92 Å². The number of aryl methyl sites for hydroxylation is 1. The standard InChI is InChI=1S/C22H26N6O2S/c1-14-8-4-5-9-16(14)15(2)24-20(29)13-31-12-19-26-21(23)28-22(27-19)25-17-10-6-7-11-18(17)30-3/h4-11,15H,12-13H2,1-3H3,(H,24,29)(H3,23,25,26,27,28). The smallest absolute Gasteiger partial charge is 0.232 e. The first-order valence-corrected chi connectivity index (χ1v) is 10.9. The summed E-state index contributed by atoms with van der Waals surface area (Å²) in [6.07, 6.45) is 0. The highest BCUT2D eigenvalue weighted by Crippen LogP contribution is 2.26. The number of benzene rings is 2. The van der Waals surface area contributed by atoms with Crippen molar-refractivity contribution < 1.29 is 9.53 Å². The fraction of sp³-hybridized carbons (Fsp3) is 0.273. The van der Waals surface area contributed by atoms with Gasteiger partial charge in [-0.1, -0.05) is 36.4 Å². The van der Waals surface area contributed by atoms with E-state index in [1.807, 2.05) is 62.4 Å². The van der Waals surface area contributed by atoms with Crippen molar-refractivity contribution in [1.29, 1.82) is 0 Å². The number of nitrogens with one attached hydrogen (secondary N) is 2. The van der Waals surface area contributed by atoms with Crippen LogP contribution in [0.1, 0.15) is 29.9 Å². The summed E-state index contributed by atoms with van der Waals surface area (Å²) in [6, 6.07) is 15.4. The molecule has 0 saturated carbocycles. The highest BCUT2D eigenvalue weighted by atomic mass is 32.2. The summed E-state index contributed by atoms with van der Waals surface area (Å²) in [5, 5.41) is 6.13. The monoisotopic (exact) mass is 438 g/mol. The Labute approximate surface area is 186 Å². The number of aromatic nitrogens is 3. The number of para-hydroxylation sites is 2. The second kappa shape index (κ2) is 10.6. The Balaban J connectivity index is 1.56. The lowest BCUT2D eigenvalue weighted by atomic mass is 10.0. The summed E-state index contributed by atoms with van der Waals surface area (Å²) in [5.41, 5.74) is 8.82. The average molecular weight is 439 g/mol. The number of thioether (sulfide) groups is 1. The van der Waals surface area contributed by atoms with Crippen LogP contribution in [0.4, 0.5) is 17.6 Å². The van der Waals surface area contributed by atoms with Gasteiger partial charge < -0.3 is 21.1 Å². The highest BCUT2D eigenvalue weighted by molar-refractivity contribution is 7.99. The third-order valence-electron chi connectivity index (χ3n) is 4.55. The van der Waals surface area contributed by atoms with Crippen molar-refractivity contribution in [1.82, 2.24) is 20.3 Å². The Bertz CT molecular complexity index is 1050. The lowest BCUT2D eigenvalue weighted by molar-refractivity contribution is -0.119. The fourth-order valence-corrected chi connectivity index (χ4v) is 3.78. The zero-order valence-corrected chi connectivity index (χ0v) is 18.6. The predicted octanol–water partition coefficient (Wildman–Crippen LogP) is 3.63. The van der Waals surface area contributed by atoms with Crippen molar-refractivity contribution >= 4 is 35.3 Å². The van der Waals surface area contributed by atoms with E-state index in [-0.39, 0.29) is 23.7 Å². The number of hydrogen-bond acceptors (Lipinski definition) is 8. The van der Waals surface area contributed by atoms with E-state index in [0.717, 1.165) is 16.8 Å². The van der Waals surface area contributed by atoms with E-state index in [4.69, 9.17) is 10.5 Å².